The van der Waals surface area contributed by atoms with E-state index in [0.717, 1.165) is 67.2 Å². The largest absolute Gasteiger partial charge is 0.457 e. The summed E-state index contributed by atoms with van der Waals surface area (Å²) in [7, 11) is 0. The molecule has 34 heteroatoms. The van der Waals surface area contributed by atoms with Gasteiger partial charge in [-0.1, -0.05) is 29.8 Å². The summed E-state index contributed by atoms with van der Waals surface area (Å²) in [5.41, 5.74) is 2.59. The first-order valence-corrected chi connectivity index (χ1v) is 34.5. The zero-order chi connectivity index (χ0) is 77.6. The van der Waals surface area contributed by atoms with Gasteiger partial charge in [0.1, 0.15) is 46.3 Å². The summed E-state index contributed by atoms with van der Waals surface area (Å²) in [5, 5.41) is 14.9. The molecule has 6 N–H and O–H groups in total. The molecule has 9 aromatic carbocycles. The van der Waals surface area contributed by atoms with Crippen LogP contribution in [0.1, 0.15) is 11.1 Å². The van der Waals surface area contributed by atoms with Crippen LogP contribution in [0.3, 0.4) is 0 Å². The third kappa shape index (κ3) is 20.7. The Balaban J connectivity index is 0.000000146. The first-order valence-electron chi connectivity index (χ1n) is 34.1. The molecule has 6 amide bonds. The minimum atomic E-state index is -4.56. The molecule has 3 aromatic heterocycles. The summed E-state index contributed by atoms with van der Waals surface area (Å²) >= 11 is 5.92. The predicted molar refractivity (Wildman–Crippen MR) is 399 cm³/mol. The number of anilines is 9. The lowest BCUT2D eigenvalue weighted by atomic mass is 10.2. The minimum absolute atomic E-state index is 0.0162. The number of morpholine rings is 3. The van der Waals surface area contributed by atoms with Crippen LogP contribution in [0, 0.1) is 17.5 Å². The van der Waals surface area contributed by atoms with E-state index in [4.69, 9.17) is 40.0 Å². The normalized spacial score (nSPS) is 13.7. The highest BCUT2D eigenvalue weighted by molar-refractivity contribution is 6.31. The summed E-state index contributed by atoms with van der Waals surface area (Å²) < 4.78 is 155. The number of urea groups is 3. The smallest absolute Gasteiger partial charge is 0.416 e. The van der Waals surface area contributed by atoms with Crippen molar-refractivity contribution in [2.75, 3.05) is 126 Å². The number of aromatic nitrogens is 6. The van der Waals surface area contributed by atoms with Crippen LogP contribution < -0.4 is 60.8 Å². The highest BCUT2D eigenvalue weighted by atomic mass is 35.5. The van der Waals surface area contributed by atoms with Gasteiger partial charge in [-0.05, 0) is 127 Å². The number of hydrogen-bond acceptors (Lipinski definition) is 18. The number of hydrogen-bond donors (Lipinski definition) is 6. The van der Waals surface area contributed by atoms with Crippen LogP contribution in [0.25, 0.3) is 33.1 Å². The molecule has 0 unspecified atom stereocenters. The number of ether oxygens (including phenoxy) is 6. The Hall–Kier alpha value is -12.9. The maximum atomic E-state index is 14.7. The van der Waals surface area contributed by atoms with Crippen LogP contribution in [0.15, 0.2) is 201 Å². The van der Waals surface area contributed by atoms with Crippen molar-refractivity contribution in [1.29, 1.82) is 0 Å². The lowest BCUT2D eigenvalue weighted by Crippen LogP contribution is -2.36. The predicted octanol–water partition coefficient (Wildman–Crippen LogP) is 17.8. The highest BCUT2D eigenvalue weighted by Gasteiger charge is 2.32. The zero-order valence-corrected chi connectivity index (χ0v) is 58.8. The number of carbonyl (C=O) groups is 3. The fourth-order valence-electron chi connectivity index (χ4n) is 11.3. The molecule has 15 rings (SSSR count). The van der Waals surface area contributed by atoms with Gasteiger partial charge in [-0.15, -0.1) is 0 Å². The molecule has 0 atom stereocenters. The Labute approximate surface area is 630 Å². The van der Waals surface area contributed by atoms with Gasteiger partial charge in [0.05, 0.1) is 108 Å². The molecule has 570 valence electrons. The Morgan fingerprint density at radius 2 is 0.703 bits per heavy atom. The number of benzene rings is 9. The summed E-state index contributed by atoms with van der Waals surface area (Å²) in [4.78, 5) is 70.2. The van der Waals surface area contributed by atoms with Gasteiger partial charge in [-0.2, -0.15) is 26.3 Å². The summed E-state index contributed by atoms with van der Waals surface area (Å²) in [5.74, 6) is 1.29. The lowest BCUT2D eigenvalue weighted by molar-refractivity contribution is -0.138. The average molecular weight is 1550 g/mol. The number of alkyl halides is 6. The number of nitrogens with one attached hydrogen (secondary N) is 6. The van der Waals surface area contributed by atoms with Gasteiger partial charge in [0.15, 0.2) is 23.1 Å². The van der Waals surface area contributed by atoms with Crippen molar-refractivity contribution in [2.24, 2.45) is 0 Å². The maximum Gasteiger partial charge on any atom is 0.416 e. The Morgan fingerprint density at radius 1 is 0.360 bits per heavy atom. The average Bonchev–Trinajstić information content (AvgIpc) is 0.812. The van der Waals surface area contributed by atoms with Crippen molar-refractivity contribution >= 4 is 114 Å². The van der Waals surface area contributed by atoms with Crippen LogP contribution in [-0.2, 0) is 26.6 Å². The fraction of sp³-hybridized carbons (Fsp3) is 0.182. The first-order chi connectivity index (χ1) is 53.5. The quantitative estimate of drug-likeness (QED) is 0.0521. The highest BCUT2D eigenvalue weighted by Crippen LogP contribution is 2.36. The van der Waals surface area contributed by atoms with E-state index in [1.807, 2.05) is 0 Å². The van der Waals surface area contributed by atoms with Gasteiger partial charge >= 0.3 is 30.4 Å². The Morgan fingerprint density at radius 3 is 1.07 bits per heavy atom. The molecule has 3 saturated heterocycles. The van der Waals surface area contributed by atoms with Gasteiger partial charge in [0.2, 0.25) is 0 Å². The Kier molecular flexibility index (Phi) is 23.8. The third-order valence-electron chi connectivity index (χ3n) is 16.7. The molecule has 3 aliphatic rings. The number of fused-ring (bicyclic) bond motifs is 3. The molecule has 0 bridgehead atoms. The van der Waals surface area contributed by atoms with Crippen LogP contribution in [0.2, 0.25) is 5.02 Å². The van der Waals surface area contributed by atoms with Crippen molar-refractivity contribution in [1.82, 2.24) is 29.9 Å². The lowest BCUT2D eigenvalue weighted by Gasteiger charge is -2.27. The number of halogens is 10. The number of rotatable bonds is 15. The first kappa shape index (κ1) is 76.3. The molecule has 6 heterocycles. The van der Waals surface area contributed by atoms with Crippen molar-refractivity contribution in [3.63, 3.8) is 0 Å². The second-order valence-electron chi connectivity index (χ2n) is 24.6. The second kappa shape index (κ2) is 34.6. The van der Waals surface area contributed by atoms with E-state index in [0.29, 0.717) is 133 Å². The van der Waals surface area contributed by atoms with E-state index < -0.39 is 59.0 Å². The second-order valence-corrected chi connectivity index (χ2v) is 25.0. The summed E-state index contributed by atoms with van der Waals surface area (Å²) in [6.07, 6.45) is -3.96. The number of nitrogens with zero attached hydrogens (tertiary/aromatic N) is 9. The molecular formula is C77H63ClF9N15O9. The molecule has 3 aliphatic heterocycles. The standard InChI is InChI=1S/2C26H21F4N5O3.C25H21ClFN5O3/c27-20-13-18(33-25(36)32-17-3-1-2-16(12-17)26(28,29)30)4-7-23(20)38-19-5-6-21-22(14-19)34-24(15-31-21)35-8-10-37-11-9-35;27-20-13-18(4-6-21(20)34-25(36)32-17-3-1-2-16(12-17)26(28,29)30)38-19-5-7-22-23(14-19)33-24(15-31-22)35-8-10-37-11-9-35;26-16-2-1-3-17(12-16)29-25(33)30-18-4-7-23(20(27)13-18)35-19-5-6-21-22(14-19)31-24(15-28-21)32-8-10-34-11-9-32/h1-7,12-15H,8-11H2,(H2,32,33,36);1-7,12-15H,8-11H2,(H2,32,34,36);1-7,12-15H,8-11H2,(H2,29,30,33). The molecule has 0 spiro atoms. The summed E-state index contributed by atoms with van der Waals surface area (Å²) in [6, 6.07) is 39.8. The van der Waals surface area contributed by atoms with Gasteiger partial charge in [-0.3, -0.25) is 15.0 Å². The van der Waals surface area contributed by atoms with Gasteiger partial charge in [0, 0.05) is 109 Å². The molecule has 0 radical (unpaired) electrons. The van der Waals surface area contributed by atoms with Crippen molar-refractivity contribution in [2.45, 2.75) is 12.4 Å². The monoisotopic (exact) mass is 1550 g/mol. The van der Waals surface area contributed by atoms with E-state index in [-0.39, 0.29) is 45.7 Å². The summed E-state index contributed by atoms with van der Waals surface area (Å²) in [6.45, 7) is 8.10. The van der Waals surface area contributed by atoms with Crippen molar-refractivity contribution in [3.05, 3.63) is 234 Å². The molecule has 12 aromatic rings. The SMILES string of the molecule is O=C(Nc1cccc(C(F)(F)F)c1)Nc1ccc(Oc2ccc3ncc(N4CCOCC4)nc3c2)c(F)c1.O=C(Nc1cccc(C(F)(F)F)c1)Nc1ccc(Oc2ccc3ncc(N4CCOCC4)nc3c2)cc1F.O=C(Nc1cccc(Cl)c1)Nc1ccc(Oc2ccc3ncc(N4CCOCC4)nc3c2)c(F)c1. The van der Waals surface area contributed by atoms with Crippen molar-refractivity contribution in [3.8, 4) is 34.5 Å². The Bertz CT molecular complexity index is 5370. The molecule has 3 fully saturated rings. The van der Waals surface area contributed by atoms with E-state index in [1.54, 1.807) is 104 Å². The molecule has 111 heavy (non-hydrogen) atoms. The van der Waals surface area contributed by atoms with Crippen LogP contribution in [-0.4, -0.2) is 127 Å². The van der Waals surface area contributed by atoms with E-state index >= 15 is 0 Å². The molecule has 0 aliphatic carbocycles. The molecule has 24 nitrogen and oxygen atoms in total. The zero-order valence-electron chi connectivity index (χ0n) is 58.0. The molecule has 0 saturated carbocycles. The molecular weight excluding hydrogens is 1490 g/mol. The van der Waals surface area contributed by atoms with Crippen molar-refractivity contribution < 1.29 is 82.3 Å². The van der Waals surface area contributed by atoms with E-state index in [2.05, 4.69) is 76.5 Å². The van der Waals surface area contributed by atoms with E-state index in [9.17, 15) is 53.9 Å². The van der Waals surface area contributed by atoms with Gasteiger partial charge in [-0.25, -0.2) is 42.5 Å². The fourth-order valence-corrected chi connectivity index (χ4v) is 11.5. The van der Waals surface area contributed by atoms with Crippen LogP contribution in [0.4, 0.5) is 105 Å². The number of amides is 6. The van der Waals surface area contributed by atoms with Crippen LogP contribution >= 0.6 is 11.6 Å². The topological polar surface area (TPSA) is 266 Å². The van der Waals surface area contributed by atoms with E-state index in [1.165, 1.54) is 54.6 Å². The third-order valence-corrected chi connectivity index (χ3v) is 17.0. The van der Waals surface area contributed by atoms with Gasteiger partial charge < -0.3 is 75.0 Å². The minimum Gasteiger partial charge on any atom is -0.457 e. The van der Waals surface area contributed by atoms with Crippen LogP contribution in [0.5, 0.6) is 34.5 Å². The maximum absolute atomic E-state index is 14.7. The van der Waals surface area contributed by atoms with Gasteiger partial charge in [0.25, 0.3) is 0 Å². The number of carbonyl (C=O) groups excluding carboxylic acids is 3.